The van der Waals surface area contributed by atoms with Crippen molar-refractivity contribution in [3.8, 4) is 17.0 Å². The molecule has 1 unspecified atom stereocenters. The van der Waals surface area contributed by atoms with Gasteiger partial charge in [-0.3, -0.25) is 4.79 Å². The van der Waals surface area contributed by atoms with Crippen LogP contribution in [0.5, 0.6) is 5.75 Å². The van der Waals surface area contributed by atoms with E-state index < -0.39 is 11.7 Å². The fourth-order valence-corrected chi connectivity index (χ4v) is 5.30. The number of carbonyl (C=O) groups is 1. The molecule has 0 spiro atoms. The lowest BCUT2D eigenvalue weighted by Crippen LogP contribution is -2.10. The number of halogens is 4. The standard InChI is InChI=1S/C24H21BrF3NO3S/c1-31-21(30)12-19(14-5-6-14)16-3-2-4-18(11-16)32-13-20-29-22(23(25)33-20)15-7-9-17(10-8-15)24(26,27)28/h2-4,7-11,14,19H,5-6,12-13H2,1H3. The third-order valence-electron chi connectivity index (χ3n) is 5.57. The molecule has 174 valence electrons. The lowest BCUT2D eigenvalue weighted by Gasteiger charge is -2.16. The zero-order chi connectivity index (χ0) is 23.6. The van der Waals surface area contributed by atoms with E-state index in [0.717, 1.165) is 34.3 Å². The van der Waals surface area contributed by atoms with Gasteiger partial charge in [0.2, 0.25) is 0 Å². The molecule has 33 heavy (non-hydrogen) atoms. The first-order valence-electron chi connectivity index (χ1n) is 10.4. The number of ether oxygens (including phenoxy) is 2. The van der Waals surface area contributed by atoms with Crippen LogP contribution in [0.3, 0.4) is 0 Å². The minimum absolute atomic E-state index is 0.112. The Hall–Kier alpha value is -2.39. The predicted molar refractivity (Wildman–Crippen MR) is 123 cm³/mol. The lowest BCUT2D eigenvalue weighted by molar-refractivity contribution is -0.141. The van der Waals surface area contributed by atoms with Gasteiger partial charge in [-0.25, -0.2) is 4.98 Å². The quantitative estimate of drug-likeness (QED) is 0.283. The number of methoxy groups -OCH3 is 1. The molecule has 3 aromatic rings. The van der Waals surface area contributed by atoms with Gasteiger partial charge in [0.15, 0.2) is 0 Å². The Morgan fingerprint density at radius 3 is 2.58 bits per heavy atom. The van der Waals surface area contributed by atoms with Gasteiger partial charge in [0.1, 0.15) is 17.4 Å². The number of rotatable bonds is 8. The van der Waals surface area contributed by atoms with Crippen LogP contribution in [0.25, 0.3) is 11.3 Å². The number of carbonyl (C=O) groups excluding carboxylic acids is 1. The Morgan fingerprint density at radius 2 is 1.94 bits per heavy atom. The molecule has 1 fully saturated rings. The number of aromatic nitrogens is 1. The summed E-state index contributed by atoms with van der Waals surface area (Å²) in [5.74, 6) is 1.05. The predicted octanol–water partition coefficient (Wildman–Crippen LogP) is 7.23. The van der Waals surface area contributed by atoms with Crippen LogP contribution in [0.15, 0.2) is 52.3 Å². The fourth-order valence-electron chi connectivity index (χ4n) is 3.70. The Morgan fingerprint density at radius 1 is 1.21 bits per heavy atom. The van der Waals surface area contributed by atoms with E-state index in [0.29, 0.717) is 34.4 Å². The van der Waals surface area contributed by atoms with Crippen molar-refractivity contribution in [2.24, 2.45) is 5.92 Å². The Kier molecular flexibility index (Phi) is 7.09. The molecule has 4 nitrogen and oxygen atoms in total. The lowest BCUT2D eigenvalue weighted by atomic mass is 9.91. The maximum absolute atomic E-state index is 12.8. The van der Waals surface area contributed by atoms with Crippen LogP contribution in [-0.4, -0.2) is 18.1 Å². The summed E-state index contributed by atoms with van der Waals surface area (Å²) >= 11 is 4.83. The first kappa shape index (κ1) is 23.8. The number of hydrogen-bond donors (Lipinski definition) is 0. The molecule has 2 aromatic carbocycles. The molecule has 1 heterocycles. The van der Waals surface area contributed by atoms with Gasteiger partial charge >= 0.3 is 12.1 Å². The maximum Gasteiger partial charge on any atom is 0.416 e. The van der Waals surface area contributed by atoms with Crippen molar-refractivity contribution in [1.29, 1.82) is 0 Å². The van der Waals surface area contributed by atoms with Crippen molar-refractivity contribution >= 4 is 33.2 Å². The highest BCUT2D eigenvalue weighted by atomic mass is 79.9. The van der Waals surface area contributed by atoms with Gasteiger partial charge in [0.25, 0.3) is 0 Å². The number of alkyl halides is 3. The monoisotopic (exact) mass is 539 g/mol. The van der Waals surface area contributed by atoms with Crippen LogP contribution in [0.1, 0.15) is 41.3 Å². The Balaban J connectivity index is 1.45. The summed E-state index contributed by atoms with van der Waals surface area (Å²) in [6.07, 6.45) is -1.82. The molecular formula is C24H21BrF3NO3S. The Bertz CT molecular complexity index is 1130. The summed E-state index contributed by atoms with van der Waals surface area (Å²) in [6, 6.07) is 12.6. The van der Waals surface area contributed by atoms with E-state index in [1.807, 2.05) is 24.3 Å². The van der Waals surface area contributed by atoms with E-state index >= 15 is 0 Å². The largest absolute Gasteiger partial charge is 0.486 e. The second-order valence-corrected chi connectivity index (χ2v) is 10.3. The van der Waals surface area contributed by atoms with Gasteiger partial charge in [-0.05, 0) is 70.4 Å². The summed E-state index contributed by atoms with van der Waals surface area (Å²) in [5, 5.41) is 0.690. The number of esters is 1. The van der Waals surface area contributed by atoms with E-state index in [-0.39, 0.29) is 18.5 Å². The molecule has 9 heteroatoms. The van der Waals surface area contributed by atoms with Crippen LogP contribution in [0.2, 0.25) is 0 Å². The van der Waals surface area contributed by atoms with Crippen LogP contribution in [0, 0.1) is 5.92 Å². The van der Waals surface area contributed by atoms with Gasteiger partial charge in [-0.15, -0.1) is 11.3 Å². The highest BCUT2D eigenvalue weighted by Crippen LogP contribution is 2.45. The van der Waals surface area contributed by atoms with Gasteiger partial charge < -0.3 is 9.47 Å². The summed E-state index contributed by atoms with van der Waals surface area (Å²) in [4.78, 5) is 16.4. The highest BCUT2D eigenvalue weighted by molar-refractivity contribution is 9.11. The van der Waals surface area contributed by atoms with Crippen molar-refractivity contribution < 1.29 is 27.4 Å². The number of nitrogens with zero attached hydrogens (tertiary/aromatic N) is 1. The molecule has 4 rings (SSSR count). The third-order valence-corrected chi connectivity index (χ3v) is 7.25. The molecule has 1 aliphatic rings. The van der Waals surface area contributed by atoms with Crippen molar-refractivity contribution in [2.75, 3.05) is 7.11 Å². The highest BCUT2D eigenvalue weighted by Gasteiger charge is 2.34. The minimum Gasteiger partial charge on any atom is -0.486 e. The molecule has 0 saturated heterocycles. The van der Waals surface area contributed by atoms with E-state index in [1.54, 1.807) is 0 Å². The summed E-state index contributed by atoms with van der Waals surface area (Å²) in [5.41, 5.74) is 1.52. The maximum atomic E-state index is 12.8. The van der Waals surface area contributed by atoms with Gasteiger partial charge in [0.05, 0.1) is 28.6 Å². The second-order valence-electron chi connectivity index (χ2n) is 7.89. The Labute approximate surface area is 201 Å². The summed E-state index contributed by atoms with van der Waals surface area (Å²) < 4.78 is 50.0. The summed E-state index contributed by atoms with van der Waals surface area (Å²) in [7, 11) is 1.40. The van der Waals surface area contributed by atoms with Crippen molar-refractivity contribution in [1.82, 2.24) is 4.98 Å². The molecule has 1 aromatic heterocycles. The fraction of sp³-hybridized carbons (Fsp3) is 0.333. The molecule has 0 bridgehead atoms. The first-order valence-corrected chi connectivity index (χ1v) is 12.0. The zero-order valence-corrected chi connectivity index (χ0v) is 20.1. The second kappa shape index (κ2) is 9.85. The SMILES string of the molecule is COC(=O)CC(c1cccc(OCc2nc(-c3ccc(C(F)(F)F)cc3)c(Br)s2)c1)C1CC1. The van der Waals surface area contributed by atoms with Gasteiger partial charge in [-0.1, -0.05) is 24.3 Å². The number of hydrogen-bond acceptors (Lipinski definition) is 5. The van der Waals surface area contributed by atoms with E-state index in [4.69, 9.17) is 9.47 Å². The summed E-state index contributed by atoms with van der Waals surface area (Å²) in [6.45, 7) is 0.221. The zero-order valence-electron chi connectivity index (χ0n) is 17.7. The minimum atomic E-state index is -4.37. The van der Waals surface area contributed by atoms with Crippen LogP contribution in [0.4, 0.5) is 13.2 Å². The van der Waals surface area contributed by atoms with Gasteiger partial charge in [0, 0.05) is 5.56 Å². The molecule has 1 saturated carbocycles. The van der Waals surface area contributed by atoms with Crippen LogP contribution < -0.4 is 4.74 Å². The van der Waals surface area contributed by atoms with Crippen LogP contribution in [-0.2, 0) is 22.3 Å². The van der Waals surface area contributed by atoms with E-state index in [9.17, 15) is 18.0 Å². The van der Waals surface area contributed by atoms with E-state index in [2.05, 4.69) is 20.9 Å². The topological polar surface area (TPSA) is 48.4 Å². The van der Waals surface area contributed by atoms with Crippen molar-refractivity contribution in [3.05, 3.63) is 68.5 Å². The molecular weight excluding hydrogens is 519 g/mol. The molecule has 0 amide bonds. The molecule has 0 radical (unpaired) electrons. The molecule has 1 atom stereocenters. The smallest absolute Gasteiger partial charge is 0.416 e. The average molecular weight is 540 g/mol. The first-order chi connectivity index (χ1) is 15.7. The van der Waals surface area contributed by atoms with Crippen molar-refractivity contribution in [2.45, 2.75) is 38.0 Å². The van der Waals surface area contributed by atoms with Crippen LogP contribution >= 0.6 is 27.3 Å². The molecule has 0 aliphatic heterocycles. The normalized spacial score (nSPS) is 14.7. The average Bonchev–Trinajstić information content (AvgIpc) is 3.57. The number of benzene rings is 2. The third kappa shape index (κ3) is 5.95. The van der Waals surface area contributed by atoms with Crippen molar-refractivity contribution in [3.63, 3.8) is 0 Å². The number of thiazole rings is 1. The molecule has 1 aliphatic carbocycles. The van der Waals surface area contributed by atoms with E-state index in [1.165, 1.54) is 30.6 Å². The molecule has 0 N–H and O–H groups in total. The van der Waals surface area contributed by atoms with Gasteiger partial charge in [-0.2, -0.15) is 13.2 Å².